The number of amides is 1. The van der Waals surface area contributed by atoms with E-state index in [1.807, 2.05) is 0 Å². The Bertz CT molecular complexity index is 900. The second-order valence-electron chi connectivity index (χ2n) is 5.12. The van der Waals surface area contributed by atoms with Crippen LogP contribution in [0.25, 0.3) is 0 Å². The maximum atomic E-state index is 12.3. The lowest BCUT2D eigenvalue weighted by Gasteiger charge is -2.10. The second kappa shape index (κ2) is 6.71. The molecule has 1 amide bonds. The van der Waals surface area contributed by atoms with Crippen LogP contribution in [0.2, 0.25) is 0 Å². The summed E-state index contributed by atoms with van der Waals surface area (Å²) in [5, 5.41) is 11.6. The largest absolute Gasteiger partial charge is 0.478 e. The van der Waals surface area contributed by atoms with Gasteiger partial charge >= 0.3 is 5.97 Å². The quantitative estimate of drug-likeness (QED) is 0.842. The Balaban J connectivity index is 2.35. The van der Waals surface area contributed by atoms with Crippen LogP contribution in [0.1, 0.15) is 24.9 Å². The third-order valence-electron chi connectivity index (χ3n) is 3.26. The number of para-hydroxylation sites is 1. The zero-order chi connectivity index (χ0) is 18.1. The Morgan fingerprint density at radius 1 is 1.21 bits per heavy atom. The van der Waals surface area contributed by atoms with Gasteiger partial charge in [-0.1, -0.05) is 12.1 Å². The summed E-state index contributed by atoms with van der Waals surface area (Å²) in [7, 11) is -0.821. The molecular weight excluding hydrogens is 352 g/mol. The van der Waals surface area contributed by atoms with Gasteiger partial charge in [-0.05, 0) is 25.1 Å². The second-order valence-corrected chi connectivity index (χ2v) is 8.50. The van der Waals surface area contributed by atoms with Crippen LogP contribution < -0.4 is 5.32 Å². The van der Waals surface area contributed by atoms with Crippen LogP contribution in [0.5, 0.6) is 0 Å². The minimum absolute atomic E-state index is 0.0414. The summed E-state index contributed by atoms with van der Waals surface area (Å²) < 4.78 is 25.5. The summed E-state index contributed by atoms with van der Waals surface area (Å²) >= 11 is 1.03. The van der Waals surface area contributed by atoms with E-state index in [-0.39, 0.29) is 21.0 Å². The number of carboxylic acids is 1. The van der Waals surface area contributed by atoms with Crippen molar-refractivity contribution in [3.8, 4) is 0 Å². The predicted molar refractivity (Wildman–Crippen MR) is 91.3 cm³/mol. The Morgan fingerprint density at radius 3 is 2.42 bits per heavy atom. The van der Waals surface area contributed by atoms with Crippen LogP contribution in [-0.2, 0) is 10.0 Å². The molecule has 1 heterocycles. The smallest absolute Gasteiger partial charge is 0.337 e. The van der Waals surface area contributed by atoms with Gasteiger partial charge in [0.25, 0.3) is 5.91 Å². The first-order valence-corrected chi connectivity index (χ1v) is 9.07. The van der Waals surface area contributed by atoms with Crippen molar-refractivity contribution in [3.05, 3.63) is 45.6 Å². The number of benzene rings is 1. The van der Waals surface area contributed by atoms with Gasteiger partial charge in [0, 0.05) is 19.0 Å². The highest BCUT2D eigenvalue weighted by atomic mass is 32.2. The van der Waals surface area contributed by atoms with Gasteiger partial charge in [-0.15, -0.1) is 11.3 Å². The molecule has 0 saturated carbocycles. The lowest BCUT2D eigenvalue weighted by Crippen LogP contribution is -2.22. The molecule has 0 aliphatic rings. The molecule has 2 aromatic rings. The summed E-state index contributed by atoms with van der Waals surface area (Å²) in [5.74, 6) is -1.72. The number of nitrogens with one attached hydrogen (secondary N) is 1. The SMILES string of the molecule is Cc1sc(C(=O)Nc2ccccc2C(=O)O)cc1S(=O)(=O)N(C)C. The van der Waals surface area contributed by atoms with E-state index in [0.29, 0.717) is 4.88 Å². The Morgan fingerprint density at radius 2 is 1.83 bits per heavy atom. The number of rotatable bonds is 5. The fourth-order valence-corrected chi connectivity index (χ4v) is 4.34. The Hall–Kier alpha value is -2.23. The van der Waals surface area contributed by atoms with Gasteiger partial charge in [0.05, 0.1) is 21.0 Å². The van der Waals surface area contributed by atoms with Gasteiger partial charge in [0.1, 0.15) is 0 Å². The number of anilines is 1. The third-order valence-corrected chi connectivity index (χ3v) is 6.38. The van der Waals surface area contributed by atoms with Crippen molar-refractivity contribution in [2.24, 2.45) is 0 Å². The number of carbonyl (C=O) groups is 2. The molecule has 9 heteroatoms. The van der Waals surface area contributed by atoms with Crippen molar-refractivity contribution in [2.75, 3.05) is 19.4 Å². The van der Waals surface area contributed by atoms with Crippen LogP contribution in [0.15, 0.2) is 35.2 Å². The fraction of sp³-hybridized carbons (Fsp3) is 0.200. The summed E-state index contributed by atoms with van der Waals surface area (Å²) in [6.07, 6.45) is 0. The van der Waals surface area contributed by atoms with Crippen molar-refractivity contribution < 1.29 is 23.1 Å². The van der Waals surface area contributed by atoms with Crippen molar-refractivity contribution in [2.45, 2.75) is 11.8 Å². The van der Waals surface area contributed by atoms with Gasteiger partial charge in [0.2, 0.25) is 10.0 Å². The number of carbonyl (C=O) groups excluding carboxylic acids is 1. The molecule has 0 fully saturated rings. The molecule has 7 nitrogen and oxygen atoms in total. The molecule has 0 saturated heterocycles. The number of aromatic carboxylic acids is 1. The molecule has 0 bridgehead atoms. The Labute approximate surface area is 143 Å². The normalized spacial score (nSPS) is 11.5. The van der Waals surface area contributed by atoms with Crippen LogP contribution in [0.3, 0.4) is 0 Å². The molecule has 0 aliphatic heterocycles. The number of hydrogen-bond acceptors (Lipinski definition) is 5. The molecule has 128 valence electrons. The molecular formula is C15H16N2O5S2. The van der Waals surface area contributed by atoms with Crippen molar-refractivity contribution >= 4 is 38.9 Å². The summed E-state index contributed by atoms with van der Waals surface area (Å²) in [6, 6.07) is 7.30. The van der Waals surface area contributed by atoms with Crippen molar-refractivity contribution in [1.29, 1.82) is 0 Å². The maximum absolute atomic E-state index is 12.3. The van der Waals surface area contributed by atoms with Crippen LogP contribution >= 0.6 is 11.3 Å². The third kappa shape index (κ3) is 3.48. The standard InChI is InChI=1S/C15H16N2O5S2/c1-9-13(24(21,22)17(2)3)8-12(23-9)14(18)16-11-7-5-4-6-10(11)15(19)20/h4-8H,1-3H3,(H,16,18)(H,19,20). The lowest BCUT2D eigenvalue weighted by molar-refractivity contribution is 0.0698. The number of hydrogen-bond donors (Lipinski definition) is 2. The summed E-state index contributed by atoms with van der Waals surface area (Å²) in [6.45, 7) is 1.61. The van der Waals surface area contributed by atoms with E-state index in [0.717, 1.165) is 15.6 Å². The first-order chi connectivity index (χ1) is 11.1. The molecule has 2 rings (SSSR count). The summed E-state index contributed by atoms with van der Waals surface area (Å²) in [5.41, 5.74) is 0.110. The van der Waals surface area contributed by atoms with Gasteiger partial charge in [0.15, 0.2) is 0 Å². The first kappa shape index (κ1) is 18.1. The minimum atomic E-state index is -3.65. The molecule has 2 N–H and O–H groups in total. The number of nitrogens with zero attached hydrogens (tertiary/aromatic N) is 1. The van der Waals surface area contributed by atoms with Crippen molar-refractivity contribution in [3.63, 3.8) is 0 Å². The number of sulfonamides is 1. The first-order valence-electron chi connectivity index (χ1n) is 6.81. The molecule has 24 heavy (non-hydrogen) atoms. The minimum Gasteiger partial charge on any atom is -0.478 e. The average molecular weight is 368 g/mol. The topological polar surface area (TPSA) is 104 Å². The number of thiophene rings is 1. The molecule has 0 atom stereocenters. The average Bonchev–Trinajstić information content (AvgIpc) is 2.90. The highest BCUT2D eigenvalue weighted by Crippen LogP contribution is 2.28. The zero-order valence-electron chi connectivity index (χ0n) is 13.2. The van der Waals surface area contributed by atoms with E-state index >= 15 is 0 Å². The van der Waals surface area contributed by atoms with E-state index in [9.17, 15) is 18.0 Å². The maximum Gasteiger partial charge on any atom is 0.337 e. The van der Waals surface area contributed by atoms with Gasteiger partial charge in [-0.25, -0.2) is 17.5 Å². The molecule has 0 radical (unpaired) electrons. The van der Waals surface area contributed by atoms with E-state index in [4.69, 9.17) is 5.11 Å². The zero-order valence-corrected chi connectivity index (χ0v) is 14.9. The fourth-order valence-electron chi connectivity index (χ4n) is 1.99. The van der Waals surface area contributed by atoms with E-state index in [1.165, 1.54) is 32.3 Å². The van der Waals surface area contributed by atoms with E-state index < -0.39 is 21.9 Å². The van der Waals surface area contributed by atoms with Crippen LogP contribution in [0, 0.1) is 6.92 Å². The summed E-state index contributed by atoms with van der Waals surface area (Å²) in [4.78, 5) is 24.3. The van der Waals surface area contributed by atoms with Crippen molar-refractivity contribution in [1.82, 2.24) is 4.31 Å². The Kier molecular flexibility index (Phi) is 5.07. The number of aryl methyl sites for hydroxylation is 1. The molecule has 1 aromatic carbocycles. The number of carboxylic acid groups (broad SMARTS) is 1. The van der Waals surface area contributed by atoms with E-state index in [2.05, 4.69) is 5.32 Å². The van der Waals surface area contributed by atoms with E-state index in [1.54, 1.807) is 19.1 Å². The van der Waals surface area contributed by atoms with Gasteiger partial charge in [-0.2, -0.15) is 0 Å². The monoisotopic (exact) mass is 368 g/mol. The predicted octanol–water partition coefficient (Wildman–Crippen LogP) is 2.26. The van der Waals surface area contributed by atoms with Gasteiger partial charge < -0.3 is 10.4 Å². The molecule has 0 spiro atoms. The van der Waals surface area contributed by atoms with Gasteiger partial charge in [-0.3, -0.25) is 4.79 Å². The highest BCUT2D eigenvalue weighted by molar-refractivity contribution is 7.89. The molecule has 0 aliphatic carbocycles. The lowest BCUT2D eigenvalue weighted by atomic mass is 10.2. The molecule has 1 aromatic heterocycles. The van der Waals surface area contributed by atoms with Crippen LogP contribution in [0.4, 0.5) is 5.69 Å². The van der Waals surface area contributed by atoms with Crippen LogP contribution in [-0.4, -0.2) is 43.8 Å². The molecule has 0 unspecified atom stereocenters. The highest BCUT2D eigenvalue weighted by Gasteiger charge is 2.24.